The van der Waals surface area contributed by atoms with Crippen LogP contribution < -0.4 is 11.5 Å². The van der Waals surface area contributed by atoms with Crippen molar-refractivity contribution in [2.45, 2.75) is 72.1 Å². The molecule has 0 spiro atoms. The molecular weight excluding hydrogens is 680 g/mol. The highest BCUT2D eigenvalue weighted by atomic mass is 35.5. The van der Waals surface area contributed by atoms with Gasteiger partial charge in [0, 0.05) is 28.4 Å². The summed E-state index contributed by atoms with van der Waals surface area (Å²) in [6.07, 6.45) is 6.00. The molecule has 2 atom stereocenters. The van der Waals surface area contributed by atoms with Crippen LogP contribution in [0.1, 0.15) is 91.4 Å². The second kappa shape index (κ2) is 17.0. The van der Waals surface area contributed by atoms with Crippen molar-refractivity contribution in [2.75, 3.05) is 11.1 Å². The van der Waals surface area contributed by atoms with Gasteiger partial charge in [0.1, 0.15) is 0 Å². The Kier molecular flexibility index (Phi) is 13.2. The molecule has 270 valence electrons. The molecule has 7 nitrogen and oxygen atoms in total. The monoisotopic (exact) mass is 728 g/mol. The van der Waals surface area contributed by atoms with Gasteiger partial charge in [-0.05, 0) is 114 Å². The number of rotatable bonds is 12. The number of Topliss-reactive ketones (excluding diaryl/α,β-unsaturated/α-hetero) is 1. The number of halogens is 1. The normalized spacial score (nSPS) is 15.3. The van der Waals surface area contributed by atoms with Crippen molar-refractivity contribution in [1.82, 2.24) is 6.15 Å². The minimum atomic E-state index is -4.36. The average molecular weight is 729 g/mol. The Morgan fingerprint density at radius 3 is 2.14 bits per heavy atom. The number of hydrogen-bond donors (Lipinski definition) is 2. The van der Waals surface area contributed by atoms with Gasteiger partial charge in [-0.3, -0.25) is 9.59 Å². The molecule has 4 aromatic carbocycles. The Bertz CT molecular complexity index is 1960. The maximum atomic E-state index is 14.0. The van der Waals surface area contributed by atoms with E-state index in [1.54, 1.807) is 12.1 Å². The fourth-order valence-corrected chi connectivity index (χ4v) is 7.43. The van der Waals surface area contributed by atoms with Crippen LogP contribution in [-0.2, 0) is 21.3 Å². The molecule has 4 aromatic rings. The summed E-state index contributed by atoms with van der Waals surface area (Å²) in [4.78, 5) is 26.6. The zero-order chi connectivity index (χ0) is 36.1. The van der Waals surface area contributed by atoms with E-state index in [2.05, 4.69) is 44.3 Å². The fraction of sp³-hybridized carbons (Fsp3) is 0.333. The topological polar surface area (TPSA) is 140 Å². The van der Waals surface area contributed by atoms with Crippen molar-refractivity contribution in [3.05, 3.63) is 130 Å². The van der Waals surface area contributed by atoms with Crippen molar-refractivity contribution >= 4 is 44.7 Å². The van der Waals surface area contributed by atoms with Gasteiger partial charge in [0.15, 0.2) is 5.78 Å². The zero-order valence-corrected chi connectivity index (χ0v) is 31.7. The number of anilines is 1. The third-order valence-corrected chi connectivity index (χ3v) is 10.8. The third kappa shape index (κ3) is 11.0. The van der Waals surface area contributed by atoms with E-state index >= 15 is 0 Å². The summed E-state index contributed by atoms with van der Waals surface area (Å²) >= 11 is 6.15. The number of aryl methyl sites for hydroxylation is 1. The molecule has 9 heteroatoms. The smallest absolute Gasteiger partial charge is 0.232 e. The molecule has 0 saturated heterocycles. The second-order valence-electron chi connectivity index (χ2n) is 14.5. The summed E-state index contributed by atoms with van der Waals surface area (Å²) < 4.78 is 32.8. The molecule has 1 aliphatic rings. The Labute approximate surface area is 307 Å². The van der Waals surface area contributed by atoms with Crippen LogP contribution in [0.25, 0.3) is 16.7 Å². The Morgan fingerprint density at radius 1 is 0.922 bits per heavy atom. The molecule has 5 N–H and O–H groups in total. The molecule has 0 unspecified atom stereocenters. The van der Waals surface area contributed by atoms with Crippen LogP contribution in [0.4, 0.5) is 5.69 Å². The van der Waals surface area contributed by atoms with Crippen LogP contribution in [0.15, 0.2) is 97.1 Å². The van der Waals surface area contributed by atoms with Gasteiger partial charge in [0.25, 0.3) is 0 Å². The number of ketones is 1. The number of benzene rings is 4. The second-order valence-corrected chi connectivity index (χ2v) is 16.4. The Hall–Kier alpha value is -4.08. The lowest BCUT2D eigenvalue weighted by atomic mass is 9.72. The highest BCUT2D eigenvalue weighted by molar-refractivity contribution is 7.85. The molecule has 0 fully saturated rings. The van der Waals surface area contributed by atoms with Crippen LogP contribution in [0.2, 0.25) is 5.02 Å². The standard InChI is InChI=1S/C42H46ClNO5S.H3N/c1-28-26-36(43)21-24-38(28)32-17-22-37(23-18-32)44-41(46)39(27-29-7-9-34(10-8-29)40(45)6-5-25-50(47,48)49)33-13-11-30(12-14-33)31-15-19-35(20-16-31)42(2,3)4;/h7-15,17-18,21-24,26,35,39H,5-6,16,19-20,25,27H2,1-4H3,(H,44,46)(H,47,48,49);1H3/t35-,39+;/m1./s1. The van der Waals surface area contributed by atoms with E-state index in [0.29, 0.717) is 28.6 Å². The van der Waals surface area contributed by atoms with Crippen molar-refractivity contribution in [2.24, 2.45) is 11.3 Å². The van der Waals surface area contributed by atoms with E-state index in [0.717, 1.165) is 47.1 Å². The van der Waals surface area contributed by atoms with E-state index in [9.17, 15) is 22.6 Å². The number of quaternary nitrogens is 1. The number of amides is 1. The lowest BCUT2D eigenvalue weighted by molar-refractivity contribution is -0.117. The van der Waals surface area contributed by atoms with Crippen LogP contribution >= 0.6 is 11.6 Å². The minimum absolute atomic E-state index is 0. The lowest BCUT2D eigenvalue weighted by Crippen LogP contribution is -2.23. The molecule has 5 rings (SSSR count). The van der Waals surface area contributed by atoms with Gasteiger partial charge in [-0.1, -0.05) is 105 Å². The van der Waals surface area contributed by atoms with Gasteiger partial charge in [-0.25, -0.2) is 8.42 Å². The fourth-order valence-electron chi connectivity index (χ4n) is 6.70. The van der Waals surface area contributed by atoms with Crippen molar-refractivity contribution < 1.29 is 22.6 Å². The summed E-state index contributed by atoms with van der Waals surface area (Å²) in [6, 6.07) is 28.9. The largest absolute Gasteiger partial charge is 0.748 e. The Morgan fingerprint density at radius 2 is 1.57 bits per heavy atom. The molecule has 51 heavy (non-hydrogen) atoms. The maximum Gasteiger partial charge on any atom is 0.232 e. The molecule has 1 amide bonds. The molecule has 1 aliphatic carbocycles. The average Bonchev–Trinajstić information content (AvgIpc) is 3.07. The quantitative estimate of drug-likeness (QED) is 0.110. The number of nitrogens with one attached hydrogen (secondary N) is 1. The number of carbonyl (C=O) groups excluding carboxylic acids is 2. The van der Waals surface area contributed by atoms with Gasteiger partial charge in [-0.15, -0.1) is 0 Å². The first kappa shape index (κ1) is 39.7. The van der Waals surface area contributed by atoms with Crippen molar-refractivity contribution in [3.63, 3.8) is 0 Å². The van der Waals surface area contributed by atoms with Gasteiger partial charge >= 0.3 is 0 Å². The van der Waals surface area contributed by atoms with Gasteiger partial charge in [0.05, 0.1) is 16.0 Å². The predicted molar refractivity (Wildman–Crippen MR) is 208 cm³/mol. The summed E-state index contributed by atoms with van der Waals surface area (Å²) in [5.41, 5.74) is 8.88. The number of carbonyl (C=O) groups is 2. The van der Waals surface area contributed by atoms with Crippen LogP contribution in [0, 0.1) is 18.3 Å². The van der Waals surface area contributed by atoms with E-state index in [4.69, 9.17) is 11.6 Å². The summed E-state index contributed by atoms with van der Waals surface area (Å²) in [5, 5.41) is 3.81. The molecule has 0 aliphatic heterocycles. The summed E-state index contributed by atoms with van der Waals surface area (Å²) in [6.45, 7) is 8.94. The van der Waals surface area contributed by atoms with Gasteiger partial charge in [0.2, 0.25) is 5.91 Å². The van der Waals surface area contributed by atoms with E-state index in [-0.39, 0.29) is 36.1 Å². The van der Waals surface area contributed by atoms with Crippen LogP contribution in [-0.4, -0.2) is 30.4 Å². The molecular formula is C42H49ClN2O5S. The first-order valence-electron chi connectivity index (χ1n) is 17.2. The van der Waals surface area contributed by atoms with Gasteiger partial charge < -0.3 is 16.0 Å². The first-order valence-corrected chi connectivity index (χ1v) is 19.1. The highest BCUT2D eigenvalue weighted by Gasteiger charge is 2.27. The molecule has 0 heterocycles. The SMILES string of the molecule is Cc1cc(Cl)ccc1-c1ccc(NC(=O)[C@@H](Cc2ccc(C(=O)CCCS(=O)(=O)[O-])cc2)c2ccc(C3=CC[C@@H](C(C)(C)C)CC3)cc2)cc1.[NH4+]. The third-order valence-electron chi connectivity index (χ3n) is 9.80. The van der Waals surface area contributed by atoms with Crippen LogP contribution in [0.5, 0.6) is 0 Å². The number of allylic oxidation sites excluding steroid dienone is 2. The molecule has 0 saturated carbocycles. The van der Waals surface area contributed by atoms with Crippen LogP contribution in [0.3, 0.4) is 0 Å². The summed E-state index contributed by atoms with van der Waals surface area (Å²) in [5.74, 6) is -0.773. The Balaban J connectivity index is 0.00000583. The van der Waals surface area contributed by atoms with E-state index in [1.165, 1.54) is 11.1 Å². The molecule has 0 radical (unpaired) electrons. The van der Waals surface area contributed by atoms with Crippen molar-refractivity contribution in [3.8, 4) is 11.1 Å². The summed E-state index contributed by atoms with van der Waals surface area (Å²) in [7, 11) is -4.36. The van der Waals surface area contributed by atoms with Gasteiger partial charge in [-0.2, -0.15) is 0 Å². The minimum Gasteiger partial charge on any atom is -0.748 e. The molecule has 0 aromatic heterocycles. The number of hydrogen-bond acceptors (Lipinski definition) is 5. The van der Waals surface area contributed by atoms with Crippen molar-refractivity contribution in [1.29, 1.82) is 0 Å². The zero-order valence-electron chi connectivity index (χ0n) is 30.2. The lowest BCUT2D eigenvalue weighted by Gasteiger charge is -2.33. The maximum absolute atomic E-state index is 14.0. The predicted octanol–water partition coefficient (Wildman–Crippen LogP) is 10.4. The first-order chi connectivity index (χ1) is 23.7. The van der Waals surface area contributed by atoms with E-state index in [1.807, 2.05) is 73.7 Å². The molecule has 0 bridgehead atoms. The highest BCUT2D eigenvalue weighted by Crippen LogP contribution is 2.40. The van der Waals surface area contributed by atoms with E-state index < -0.39 is 21.8 Å².